The summed E-state index contributed by atoms with van der Waals surface area (Å²) in [7, 11) is 0. The van der Waals surface area contributed by atoms with Crippen molar-refractivity contribution >= 4 is 6.08 Å². The zero-order valence-electron chi connectivity index (χ0n) is 9.61. The van der Waals surface area contributed by atoms with Crippen LogP contribution in [0.5, 0.6) is 0 Å². The lowest BCUT2D eigenvalue weighted by molar-refractivity contribution is 0.344. The molecule has 1 aliphatic heterocycles. The van der Waals surface area contributed by atoms with Crippen molar-refractivity contribution in [2.45, 2.75) is 32.7 Å². The number of hydrogen-bond acceptors (Lipinski definition) is 1. The molecule has 1 aliphatic rings. The normalized spacial score (nSPS) is 22.1. The average Bonchev–Trinajstić information content (AvgIpc) is 2.66. The summed E-state index contributed by atoms with van der Waals surface area (Å²) in [5.41, 5.74) is 2.69. The molecule has 0 radical (unpaired) electrons. The van der Waals surface area contributed by atoms with Gasteiger partial charge in [0.25, 0.3) is 0 Å². The summed E-state index contributed by atoms with van der Waals surface area (Å²) in [6, 6.07) is 11.3. The number of hydrogen-bond donors (Lipinski definition) is 0. The molecule has 0 saturated carbocycles. The molecule has 0 aliphatic carbocycles. The van der Waals surface area contributed by atoms with Gasteiger partial charge in [-0.25, -0.2) is 0 Å². The van der Waals surface area contributed by atoms with Crippen LogP contribution in [0, 0.1) is 0 Å². The number of rotatable bonds is 2. The molecule has 0 spiro atoms. The molecule has 1 heteroatoms. The largest absolute Gasteiger partial charge is 0.372 e. The fourth-order valence-electron chi connectivity index (χ4n) is 2.33. The highest BCUT2D eigenvalue weighted by Gasteiger charge is 2.19. The smallest absolute Gasteiger partial charge is 0.0259 e. The second-order valence-corrected chi connectivity index (χ2v) is 4.38. The van der Waals surface area contributed by atoms with Crippen LogP contribution in [0.2, 0.25) is 0 Å². The Balaban J connectivity index is 2.13. The van der Waals surface area contributed by atoms with Crippen molar-refractivity contribution in [2.75, 3.05) is 6.54 Å². The summed E-state index contributed by atoms with van der Waals surface area (Å²) in [5, 5.41) is 0. The predicted octanol–water partition coefficient (Wildman–Crippen LogP) is 3.53. The van der Waals surface area contributed by atoms with Crippen molar-refractivity contribution in [1.82, 2.24) is 4.90 Å². The van der Waals surface area contributed by atoms with Crippen LogP contribution in [0.15, 0.2) is 36.0 Å². The molecular formula is C14H19N. The summed E-state index contributed by atoms with van der Waals surface area (Å²) >= 11 is 0. The van der Waals surface area contributed by atoms with Gasteiger partial charge in [-0.1, -0.05) is 30.3 Å². The first-order chi connectivity index (χ1) is 7.27. The third kappa shape index (κ3) is 2.41. The van der Waals surface area contributed by atoms with Gasteiger partial charge >= 0.3 is 0 Å². The van der Waals surface area contributed by atoms with E-state index < -0.39 is 0 Å². The van der Waals surface area contributed by atoms with Gasteiger partial charge in [-0.3, -0.25) is 0 Å². The Morgan fingerprint density at radius 1 is 1.33 bits per heavy atom. The first-order valence-electron chi connectivity index (χ1n) is 5.77. The molecular weight excluding hydrogens is 182 g/mol. The molecule has 1 aromatic rings. The first kappa shape index (κ1) is 10.3. The topological polar surface area (TPSA) is 3.24 Å². The van der Waals surface area contributed by atoms with Crippen LogP contribution < -0.4 is 0 Å². The van der Waals surface area contributed by atoms with Crippen LogP contribution in [0.4, 0.5) is 0 Å². The third-order valence-electron chi connectivity index (χ3n) is 3.18. The van der Waals surface area contributed by atoms with Crippen molar-refractivity contribution in [2.24, 2.45) is 0 Å². The van der Waals surface area contributed by atoms with E-state index in [0.717, 1.165) is 0 Å². The minimum atomic E-state index is 0.713. The predicted molar refractivity (Wildman–Crippen MR) is 65.5 cm³/mol. The number of benzene rings is 1. The lowest BCUT2D eigenvalue weighted by Crippen LogP contribution is -2.24. The van der Waals surface area contributed by atoms with Crippen LogP contribution in [-0.2, 0) is 0 Å². The van der Waals surface area contributed by atoms with Gasteiger partial charge in [0, 0.05) is 18.3 Å². The fourth-order valence-corrected chi connectivity index (χ4v) is 2.33. The number of likely N-dealkylation sites (tertiary alicyclic amines) is 1. The molecule has 2 rings (SSSR count). The maximum Gasteiger partial charge on any atom is 0.0259 e. The van der Waals surface area contributed by atoms with Crippen molar-refractivity contribution in [3.63, 3.8) is 0 Å². The van der Waals surface area contributed by atoms with Crippen molar-refractivity contribution < 1.29 is 0 Å². The molecule has 1 atom stereocenters. The Hall–Kier alpha value is -1.24. The highest BCUT2D eigenvalue weighted by molar-refractivity contribution is 5.51. The van der Waals surface area contributed by atoms with E-state index in [1.54, 1.807) is 0 Å². The van der Waals surface area contributed by atoms with E-state index in [-0.39, 0.29) is 0 Å². The molecule has 1 heterocycles. The van der Waals surface area contributed by atoms with E-state index >= 15 is 0 Å². The van der Waals surface area contributed by atoms with E-state index in [0.29, 0.717) is 6.04 Å². The van der Waals surface area contributed by atoms with Crippen molar-refractivity contribution in [3.8, 4) is 0 Å². The van der Waals surface area contributed by atoms with Gasteiger partial charge in [0.15, 0.2) is 0 Å². The molecule has 15 heavy (non-hydrogen) atoms. The van der Waals surface area contributed by atoms with Gasteiger partial charge < -0.3 is 4.90 Å². The van der Waals surface area contributed by atoms with E-state index in [1.165, 1.54) is 30.6 Å². The lowest BCUT2D eigenvalue weighted by atomic mass is 10.2. The standard InChI is InChI=1S/C14H19N/c1-12-7-6-10-15(12)13(2)11-14-8-4-3-5-9-14/h3-5,8-9,11-12H,6-7,10H2,1-2H3/b13-11+/t12-/m1/s1. The first-order valence-corrected chi connectivity index (χ1v) is 5.77. The van der Waals surface area contributed by atoms with Crippen molar-refractivity contribution in [1.29, 1.82) is 0 Å². The summed E-state index contributed by atoms with van der Waals surface area (Å²) in [5.74, 6) is 0. The van der Waals surface area contributed by atoms with Crippen LogP contribution in [-0.4, -0.2) is 17.5 Å². The van der Waals surface area contributed by atoms with E-state index in [4.69, 9.17) is 0 Å². The monoisotopic (exact) mass is 201 g/mol. The summed E-state index contributed by atoms with van der Waals surface area (Å²) in [6.45, 7) is 5.75. The molecule has 80 valence electrons. The van der Waals surface area contributed by atoms with Gasteiger partial charge in [-0.2, -0.15) is 0 Å². The molecule has 0 N–H and O–H groups in total. The van der Waals surface area contributed by atoms with Crippen LogP contribution in [0.3, 0.4) is 0 Å². The van der Waals surface area contributed by atoms with Gasteiger partial charge in [0.1, 0.15) is 0 Å². The molecule has 0 aromatic heterocycles. The zero-order chi connectivity index (χ0) is 10.7. The molecule has 0 amide bonds. The van der Waals surface area contributed by atoms with Crippen LogP contribution >= 0.6 is 0 Å². The van der Waals surface area contributed by atoms with E-state index in [2.05, 4.69) is 55.2 Å². The van der Waals surface area contributed by atoms with Gasteiger partial charge in [0.05, 0.1) is 0 Å². The zero-order valence-corrected chi connectivity index (χ0v) is 9.61. The Kier molecular flexibility index (Phi) is 3.10. The Morgan fingerprint density at radius 3 is 2.67 bits per heavy atom. The molecule has 0 unspecified atom stereocenters. The second-order valence-electron chi connectivity index (χ2n) is 4.38. The average molecular weight is 201 g/mol. The Labute approximate surface area is 92.4 Å². The highest BCUT2D eigenvalue weighted by atomic mass is 15.2. The molecule has 1 saturated heterocycles. The third-order valence-corrected chi connectivity index (χ3v) is 3.18. The maximum absolute atomic E-state index is 2.51. The molecule has 1 aromatic carbocycles. The molecule has 1 fully saturated rings. The van der Waals surface area contributed by atoms with Gasteiger partial charge in [-0.05, 0) is 38.3 Å². The summed E-state index contributed by atoms with van der Waals surface area (Å²) < 4.78 is 0. The van der Waals surface area contributed by atoms with E-state index in [9.17, 15) is 0 Å². The van der Waals surface area contributed by atoms with Gasteiger partial charge in [-0.15, -0.1) is 0 Å². The number of nitrogens with zero attached hydrogens (tertiary/aromatic N) is 1. The SMILES string of the molecule is C/C(=C\c1ccccc1)N1CCC[C@H]1C. The maximum atomic E-state index is 2.51. The number of allylic oxidation sites excluding steroid dienone is 1. The molecule has 1 nitrogen and oxygen atoms in total. The van der Waals surface area contributed by atoms with Crippen LogP contribution in [0.25, 0.3) is 6.08 Å². The Bertz CT molecular complexity index is 340. The summed E-state index contributed by atoms with van der Waals surface area (Å²) in [4.78, 5) is 2.51. The second kappa shape index (κ2) is 4.52. The summed E-state index contributed by atoms with van der Waals surface area (Å²) in [6.07, 6.45) is 4.95. The Morgan fingerprint density at radius 2 is 2.07 bits per heavy atom. The van der Waals surface area contributed by atoms with Gasteiger partial charge in [0.2, 0.25) is 0 Å². The fraction of sp³-hybridized carbons (Fsp3) is 0.429. The molecule has 0 bridgehead atoms. The minimum Gasteiger partial charge on any atom is -0.372 e. The van der Waals surface area contributed by atoms with Crippen LogP contribution in [0.1, 0.15) is 32.3 Å². The minimum absolute atomic E-state index is 0.713. The van der Waals surface area contributed by atoms with Crippen molar-refractivity contribution in [3.05, 3.63) is 41.6 Å². The van der Waals surface area contributed by atoms with E-state index in [1.807, 2.05) is 0 Å². The highest BCUT2D eigenvalue weighted by Crippen LogP contribution is 2.22. The lowest BCUT2D eigenvalue weighted by Gasteiger charge is -2.24. The quantitative estimate of drug-likeness (QED) is 0.707.